The molecule has 0 radical (unpaired) electrons. The first kappa shape index (κ1) is 22.2. The van der Waals surface area contributed by atoms with E-state index in [0.717, 1.165) is 30.5 Å². The van der Waals surface area contributed by atoms with E-state index in [1.165, 1.54) is 17.8 Å². The van der Waals surface area contributed by atoms with Crippen LogP contribution < -0.4 is 5.32 Å². The van der Waals surface area contributed by atoms with Gasteiger partial charge in [0.05, 0.1) is 4.91 Å². The maximum atomic E-state index is 13.8. The summed E-state index contributed by atoms with van der Waals surface area (Å²) in [5.74, 6) is -0.569. The van der Waals surface area contributed by atoms with E-state index in [1.54, 1.807) is 29.2 Å². The van der Waals surface area contributed by atoms with E-state index < -0.39 is 0 Å². The molecule has 156 valence electrons. The van der Waals surface area contributed by atoms with Crippen LogP contribution in [0.2, 0.25) is 0 Å². The average molecular weight is 443 g/mol. The lowest BCUT2D eigenvalue weighted by Gasteiger charge is -2.14. The first-order valence-electron chi connectivity index (χ1n) is 9.81. The SMILES string of the molecule is Cc1ccccc1NC(=O)CCCCCN1C(=O)/C(=C/c2ccccc2F)SC1=S. The molecule has 1 aliphatic heterocycles. The Morgan fingerprint density at radius 2 is 1.87 bits per heavy atom. The molecule has 1 heterocycles. The van der Waals surface area contributed by atoms with Crippen LogP contribution in [0.15, 0.2) is 53.4 Å². The Kier molecular flexibility index (Phi) is 7.76. The van der Waals surface area contributed by atoms with Crippen molar-refractivity contribution in [2.75, 3.05) is 11.9 Å². The normalized spacial score (nSPS) is 15.1. The predicted octanol–water partition coefficient (Wildman–Crippen LogP) is 5.53. The summed E-state index contributed by atoms with van der Waals surface area (Å²) in [5.41, 5.74) is 2.24. The number of hydrogen-bond donors (Lipinski definition) is 1. The molecule has 7 heteroatoms. The van der Waals surface area contributed by atoms with Crippen molar-refractivity contribution >= 4 is 51.9 Å². The number of unbranched alkanes of at least 4 members (excludes halogenated alkanes) is 2. The number of thioether (sulfide) groups is 1. The Labute approximate surface area is 185 Å². The number of amides is 2. The molecular weight excluding hydrogens is 419 g/mol. The van der Waals surface area contributed by atoms with Crippen LogP contribution in [0.5, 0.6) is 0 Å². The van der Waals surface area contributed by atoms with Gasteiger partial charge in [-0.1, -0.05) is 66.8 Å². The molecular formula is C23H23FN2O2S2. The van der Waals surface area contributed by atoms with Crippen molar-refractivity contribution < 1.29 is 14.0 Å². The minimum atomic E-state index is -0.369. The van der Waals surface area contributed by atoms with Gasteiger partial charge >= 0.3 is 0 Å². The maximum Gasteiger partial charge on any atom is 0.266 e. The van der Waals surface area contributed by atoms with Crippen LogP contribution in [-0.2, 0) is 9.59 Å². The summed E-state index contributed by atoms with van der Waals surface area (Å²) in [6.07, 6.45) is 4.27. The zero-order valence-corrected chi connectivity index (χ0v) is 18.3. The second-order valence-electron chi connectivity index (χ2n) is 7.03. The number of hydrogen-bond acceptors (Lipinski definition) is 4. The maximum absolute atomic E-state index is 13.8. The Bertz CT molecular complexity index is 991. The third-order valence-electron chi connectivity index (χ3n) is 4.77. The minimum absolute atomic E-state index is 0.0114. The topological polar surface area (TPSA) is 49.4 Å². The lowest BCUT2D eigenvalue weighted by atomic mass is 10.1. The predicted molar refractivity (Wildman–Crippen MR) is 125 cm³/mol. The highest BCUT2D eigenvalue weighted by molar-refractivity contribution is 8.26. The third-order valence-corrected chi connectivity index (χ3v) is 6.15. The van der Waals surface area contributed by atoms with Gasteiger partial charge in [0.2, 0.25) is 5.91 Å². The summed E-state index contributed by atoms with van der Waals surface area (Å²) in [6, 6.07) is 14.0. The molecule has 0 saturated carbocycles. The summed E-state index contributed by atoms with van der Waals surface area (Å²) in [4.78, 5) is 26.7. The Hall–Kier alpha value is -2.51. The summed E-state index contributed by atoms with van der Waals surface area (Å²) < 4.78 is 14.3. The molecule has 4 nitrogen and oxygen atoms in total. The van der Waals surface area contributed by atoms with E-state index in [9.17, 15) is 14.0 Å². The molecule has 2 aromatic carbocycles. The van der Waals surface area contributed by atoms with E-state index >= 15 is 0 Å². The van der Waals surface area contributed by atoms with Gasteiger partial charge in [-0.3, -0.25) is 14.5 Å². The van der Waals surface area contributed by atoms with Crippen molar-refractivity contribution in [3.8, 4) is 0 Å². The third kappa shape index (κ3) is 5.77. The number of rotatable bonds is 8. The van der Waals surface area contributed by atoms with Gasteiger partial charge in [0.15, 0.2) is 0 Å². The van der Waals surface area contributed by atoms with Crippen LogP contribution in [-0.4, -0.2) is 27.6 Å². The van der Waals surface area contributed by atoms with Crippen LogP contribution in [0.1, 0.15) is 36.8 Å². The summed E-state index contributed by atoms with van der Waals surface area (Å²) in [7, 11) is 0. The zero-order valence-electron chi connectivity index (χ0n) is 16.7. The van der Waals surface area contributed by atoms with Gasteiger partial charge in [0.25, 0.3) is 5.91 Å². The van der Waals surface area contributed by atoms with Gasteiger partial charge in [-0.05, 0) is 43.5 Å². The molecule has 1 aliphatic rings. The Morgan fingerprint density at radius 3 is 2.63 bits per heavy atom. The molecule has 0 atom stereocenters. The van der Waals surface area contributed by atoms with Crippen molar-refractivity contribution in [3.63, 3.8) is 0 Å². The van der Waals surface area contributed by atoms with Crippen LogP contribution in [0, 0.1) is 12.7 Å². The number of carbonyl (C=O) groups excluding carboxylic acids is 2. The molecule has 2 amide bonds. The molecule has 3 rings (SSSR count). The monoisotopic (exact) mass is 442 g/mol. The number of benzene rings is 2. The van der Waals surface area contributed by atoms with E-state index in [-0.39, 0.29) is 17.6 Å². The Morgan fingerprint density at radius 1 is 1.13 bits per heavy atom. The van der Waals surface area contributed by atoms with E-state index in [4.69, 9.17) is 12.2 Å². The number of aryl methyl sites for hydroxylation is 1. The number of carbonyl (C=O) groups is 2. The van der Waals surface area contributed by atoms with Crippen LogP contribution in [0.25, 0.3) is 6.08 Å². The number of nitrogens with zero attached hydrogens (tertiary/aromatic N) is 1. The highest BCUT2D eigenvalue weighted by Crippen LogP contribution is 2.33. The van der Waals surface area contributed by atoms with Crippen molar-refractivity contribution in [3.05, 3.63) is 70.4 Å². The quantitative estimate of drug-likeness (QED) is 0.332. The van der Waals surface area contributed by atoms with Crippen LogP contribution in [0.3, 0.4) is 0 Å². The number of thiocarbonyl (C=S) groups is 1. The van der Waals surface area contributed by atoms with Gasteiger partial charge in [-0.2, -0.15) is 0 Å². The molecule has 1 N–H and O–H groups in total. The van der Waals surface area contributed by atoms with Crippen molar-refractivity contribution in [1.29, 1.82) is 0 Å². The minimum Gasteiger partial charge on any atom is -0.326 e. The summed E-state index contributed by atoms with van der Waals surface area (Å²) in [5, 5.41) is 2.92. The molecule has 0 bridgehead atoms. The van der Waals surface area contributed by atoms with Crippen LogP contribution in [0.4, 0.5) is 10.1 Å². The van der Waals surface area contributed by atoms with Gasteiger partial charge in [-0.15, -0.1) is 0 Å². The van der Waals surface area contributed by atoms with E-state index in [2.05, 4.69) is 5.32 Å². The smallest absolute Gasteiger partial charge is 0.266 e. The van der Waals surface area contributed by atoms with Crippen molar-refractivity contribution in [1.82, 2.24) is 4.90 Å². The number of para-hydroxylation sites is 1. The highest BCUT2D eigenvalue weighted by atomic mass is 32.2. The summed E-state index contributed by atoms with van der Waals surface area (Å²) in [6.45, 7) is 2.46. The fraction of sp³-hybridized carbons (Fsp3) is 0.261. The first-order chi connectivity index (χ1) is 14.5. The average Bonchev–Trinajstić information content (AvgIpc) is 2.98. The first-order valence-corrected chi connectivity index (χ1v) is 11.0. The molecule has 1 fully saturated rings. The fourth-order valence-electron chi connectivity index (χ4n) is 3.08. The second-order valence-corrected chi connectivity index (χ2v) is 8.70. The number of anilines is 1. The Balaban J connectivity index is 1.43. The largest absolute Gasteiger partial charge is 0.326 e. The molecule has 2 aromatic rings. The number of nitrogens with one attached hydrogen (secondary N) is 1. The molecule has 0 aromatic heterocycles. The van der Waals surface area contributed by atoms with Crippen molar-refractivity contribution in [2.45, 2.75) is 32.6 Å². The van der Waals surface area contributed by atoms with E-state index in [1.807, 2.05) is 31.2 Å². The zero-order chi connectivity index (χ0) is 21.5. The number of halogens is 1. The molecule has 30 heavy (non-hydrogen) atoms. The molecule has 0 unspecified atom stereocenters. The van der Waals surface area contributed by atoms with Gasteiger partial charge < -0.3 is 5.32 Å². The highest BCUT2D eigenvalue weighted by Gasteiger charge is 2.31. The lowest BCUT2D eigenvalue weighted by Crippen LogP contribution is -2.29. The summed E-state index contributed by atoms with van der Waals surface area (Å²) >= 11 is 6.51. The standard InChI is InChI=1S/C23H23FN2O2S2/c1-16-9-4-7-12-19(16)25-21(27)13-3-2-8-14-26-22(28)20(30-23(26)29)15-17-10-5-6-11-18(17)24/h4-7,9-12,15H,2-3,8,13-14H2,1H3,(H,25,27)/b20-15-. The van der Waals surface area contributed by atoms with E-state index in [0.29, 0.717) is 27.8 Å². The van der Waals surface area contributed by atoms with Gasteiger partial charge in [0.1, 0.15) is 10.1 Å². The molecule has 0 spiro atoms. The van der Waals surface area contributed by atoms with Gasteiger partial charge in [0, 0.05) is 24.2 Å². The lowest BCUT2D eigenvalue weighted by molar-refractivity contribution is -0.122. The van der Waals surface area contributed by atoms with Gasteiger partial charge in [-0.25, -0.2) is 4.39 Å². The van der Waals surface area contributed by atoms with Crippen molar-refractivity contribution in [2.24, 2.45) is 0 Å². The second kappa shape index (κ2) is 10.5. The molecule has 1 saturated heterocycles. The van der Waals surface area contributed by atoms with Crippen LogP contribution >= 0.6 is 24.0 Å². The fourth-order valence-corrected chi connectivity index (χ4v) is 4.38. The molecule has 0 aliphatic carbocycles.